The van der Waals surface area contributed by atoms with Crippen LogP contribution >= 0.6 is 0 Å². The molecule has 0 aliphatic rings. The molecule has 3 rings (SSSR count). The molecule has 3 aromatic rings. The van der Waals surface area contributed by atoms with Gasteiger partial charge in [-0.15, -0.1) is 0 Å². The van der Waals surface area contributed by atoms with Crippen LogP contribution in [0.2, 0.25) is 0 Å². The number of esters is 1. The predicted molar refractivity (Wildman–Crippen MR) is 126 cm³/mol. The van der Waals surface area contributed by atoms with Crippen molar-refractivity contribution < 1.29 is 19.1 Å². The van der Waals surface area contributed by atoms with Crippen LogP contribution in [0.15, 0.2) is 64.3 Å². The number of hydrogen-bond donors (Lipinski definition) is 1. The quantitative estimate of drug-likeness (QED) is 0.535. The number of aryl methyl sites for hydroxylation is 2. The molecule has 1 N–H and O–H groups in total. The van der Waals surface area contributed by atoms with Gasteiger partial charge < -0.3 is 19.4 Å². The van der Waals surface area contributed by atoms with Gasteiger partial charge in [0.15, 0.2) is 0 Å². The molecule has 0 saturated heterocycles. The molecule has 0 aliphatic heterocycles. The molecule has 0 bridgehead atoms. The van der Waals surface area contributed by atoms with Crippen LogP contribution in [0.3, 0.4) is 0 Å². The molecule has 0 aliphatic carbocycles. The second-order valence-corrected chi connectivity index (χ2v) is 7.94. The van der Waals surface area contributed by atoms with Crippen LogP contribution in [0.1, 0.15) is 16.7 Å². The van der Waals surface area contributed by atoms with Crippen molar-refractivity contribution in [2.24, 2.45) is 14.1 Å². The maximum absolute atomic E-state index is 12.6. The maximum atomic E-state index is 12.6. The Kier molecular flexibility index (Phi) is 7.68. The highest BCUT2D eigenvalue weighted by Gasteiger charge is 2.23. The predicted octanol–water partition coefficient (Wildman–Crippen LogP) is 2.07. The summed E-state index contributed by atoms with van der Waals surface area (Å²) in [6, 6.07) is 13.6. The normalized spacial score (nSPS) is 11.5. The Balaban J connectivity index is 1.77. The highest BCUT2D eigenvalue weighted by atomic mass is 16.6. The van der Waals surface area contributed by atoms with Gasteiger partial charge in [-0.3, -0.25) is 9.36 Å². The van der Waals surface area contributed by atoms with Gasteiger partial charge in [0.25, 0.3) is 5.56 Å². The van der Waals surface area contributed by atoms with E-state index in [1.165, 1.54) is 24.9 Å². The number of ether oxygens (including phenoxy) is 2. The summed E-state index contributed by atoms with van der Waals surface area (Å²) in [6.45, 7) is 1.90. The van der Waals surface area contributed by atoms with E-state index < -0.39 is 29.4 Å². The lowest BCUT2D eigenvalue weighted by atomic mass is 9.97. The van der Waals surface area contributed by atoms with Gasteiger partial charge in [-0.1, -0.05) is 48.5 Å². The number of nitrogens with one attached hydrogen (secondary N) is 1. The van der Waals surface area contributed by atoms with Gasteiger partial charge in [-0.05, 0) is 29.2 Å². The molecule has 0 spiro atoms. The van der Waals surface area contributed by atoms with E-state index in [2.05, 4.69) is 5.32 Å². The smallest absolute Gasteiger partial charge is 0.408 e. The molecule has 0 radical (unpaired) electrons. The molecule has 1 aromatic heterocycles. The minimum Gasteiger partial charge on any atom is -0.467 e. The average Bonchev–Trinajstić information content (AvgIpc) is 2.84. The van der Waals surface area contributed by atoms with Crippen molar-refractivity contribution >= 4 is 12.1 Å². The van der Waals surface area contributed by atoms with Crippen molar-refractivity contribution in [3.8, 4) is 11.1 Å². The Hall–Kier alpha value is -4.14. The van der Waals surface area contributed by atoms with E-state index in [1.54, 1.807) is 19.2 Å². The zero-order valence-corrected chi connectivity index (χ0v) is 19.5. The van der Waals surface area contributed by atoms with E-state index >= 15 is 0 Å². The second-order valence-electron chi connectivity index (χ2n) is 7.94. The number of amides is 1. The molecule has 1 amide bonds. The van der Waals surface area contributed by atoms with Crippen LogP contribution < -0.4 is 16.6 Å². The van der Waals surface area contributed by atoms with Crippen LogP contribution in [-0.2, 0) is 41.4 Å². The van der Waals surface area contributed by atoms with Crippen molar-refractivity contribution in [3.05, 3.63) is 92.3 Å². The van der Waals surface area contributed by atoms with E-state index in [0.29, 0.717) is 11.1 Å². The number of carbonyl (C=O) groups excluding carboxylic acids is 2. The number of methoxy groups -OCH3 is 1. The Labute approximate surface area is 196 Å². The topological polar surface area (TPSA) is 109 Å². The number of rotatable bonds is 7. The van der Waals surface area contributed by atoms with Gasteiger partial charge in [-0.25, -0.2) is 14.4 Å². The first kappa shape index (κ1) is 24.5. The van der Waals surface area contributed by atoms with Gasteiger partial charge >= 0.3 is 17.8 Å². The third kappa shape index (κ3) is 5.61. The Bertz CT molecular complexity index is 1310. The van der Waals surface area contributed by atoms with Crippen LogP contribution in [0, 0.1) is 6.92 Å². The first-order valence-electron chi connectivity index (χ1n) is 10.6. The molecule has 0 fully saturated rings. The zero-order chi connectivity index (χ0) is 24.8. The minimum atomic E-state index is -0.955. The lowest BCUT2D eigenvalue weighted by Crippen LogP contribution is -2.43. The van der Waals surface area contributed by atoms with Crippen LogP contribution in [-0.4, -0.2) is 34.3 Å². The zero-order valence-electron chi connectivity index (χ0n) is 19.5. The summed E-state index contributed by atoms with van der Waals surface area (Å²) in [7, 11) is 4.26. The minimum absolute atomic E-state index is 0.0723. The van der Waals surface area contributed by atoms with Gasteiger partial charge in [0.1, 0.15) is 12.6 Å². The highest BCUT2D eigenvalue weighted by Crippen LogP contribution is 2.22. The second kappa shape index (κ2) is 10.7. The Morgan fingerprint density at radius 2 is 1.71 bits per heavy atom. The summed E-state index contributed by atoms with van der Waals surface area (Å²) in [6.07, 6.45) is 0.939. The van der Waals surface area contributed by atoms with E-state index in [1.807, 2.05) is 43.3 Å². The Morgan fingerprint density at radius 3 is 2.35 bits per heavy atom. The molecule has 178 valence electrons. The van der Waals surface area contributed by atoms with Gasteiger partial charge in [-0.2, -0.15) is 0 Å². The monoisotopic (exact) mass is 465 g/mol. The largest absolute Gasteiger partial charge is 0.467 e. The summed E-state index contributed by atoms with van der Waals surface area (Å²) in [5.41, 5.74) is 2.61. The number of aromatic nitrogens is 2. The highest BCUT2D eigenvalue weighted by molar-refractivity contribution is 5.81. The fourth-order valence-corrected chi connectivity index (χ4v) is 3.63. The molecule has 1 heterocycles. The van der Waals surface area contributed by atoms with E-state index in [4.69, 9.17) is 9.47 Å². The van der Waals surface area contributed by atoms with Crippen molar-refractivity contribution in [1.82, 2.24) is 14.5 Å². The summed E-state index contributed by atoms with van der Waals surface area (Å²) in [5.74, 6) is -0.606. The molecule has 2 aromatic carbocycles. The number of alkyl carbamates (subject to hydrolysis) is 1. The van der Waals surface area contributed by atoms with E-state index in [0.717, 1.165) is 21.3 Å². The molecule has 0 saturated carbocycles. The van der Waals surface area contributed by atoms with Gasteiger partial charge in [0.05, 0.1) is 12.7 Å². The molecular formula is C25H27N3O6. The molecule has 1 atom stereocenters. The maximum Gasteiger partial charge on any atom is 0.408 e. The SMILES string of the molecule is COC(=O)[C@H](Cc1ccc(-c2cn(C)c(=O)n(C)c2=O)c(C)c1)NC(=O)OCc1ccccc1. The van der Waals surface area contributed by atoms with Crippen LogP contribution in [0.25, 0.3) is 11.1 Å². The van der Waals surface area contributed by atoms with Crippen molar-refractivity contribution in [2.45, 2.75) is 26.0 Å². The van der Waals surface area contributed by atoms with Crippen LogP contribution in [0.4, 0.5) is 4.79 Å². The molecule has 34 heavy (non-hydrogen) atoms. The standard InChI is InChI=1S/C25H27N3O6/c1-16-12-18(10-11-19(16)20-14-27(2)25(32)28(3)22(20)29)13-21(23(30)33-4)26-24(31)34-15-17-8-6-5-7-9-17/h5-12,14,21H,13,15H2,1-4H3,(H,26,31)/t21-/m0/s1. The summed E-state index contributed by atoms with van der Waals surface area (Å²) < 4.78 is 12.5. The number of carbonyl (C=O) groups is 2. The lowest BCUT2D eigenvalue weighted by Gasteiger charge is -2.17. The van der Waals surface area contributed by atoms with Crippen LogP contribution in [0.5, 0.6) is 0 Å². The van der Waals surface area contributed by atoms with E-state index in [-0.39, 0.29) is 13.0 Å². The number of hydrogen-bond acceptors (Lipinski definition) is 6. The summed E-state index contributed by atoms with van der Waals surface area (Å²) in [5, 5.41) is 2.56. The fourth-order valence-electron chi connectivity index (χ4n) is 3.63. The summed E-state index contributed by atoms with van der Waals surface area (Å²) in [4.78, 5) is 49.1. The first-order valence-corrected chi connectivity index (χ1v) is 10.6. The fraction of sp³-hybridized carbons (Fsp3) is 0.280. The third-order valence-electron chi connectivity index (χ3n) is 5.46. The van der Waals surface area contributed by atoms with Crippen molar-refractivity contribution in [1.29, 1.82) is 0 Å². The van der Waals surface area contributed by atoms with E-state index in [9.17, 15) is 19.2 Å². The van der Waals surface area contributed by atoms with Gasteiger partial charge in [0.2, 0.25) is 0 Å². The first-order chi connectivity index (χ1) is 16.2. The Morgan fingerprint density at radius 1 is 1.00 bits per heavy atom. The van der Waals surface area contributed by atoms with Crippen molar-refractivity contribution in [2.75, 3.05) is 7.11 Å². The molecule has 9 nitrogen and oxygen atoms in total. The summed E-state index contributed by atoms with van der Waals surface area (Å²) >= 11 is 0. The number of nitrogens with zero attached hydrogens (tertiary/aromatic N) is 2. The number of benzene rings is 2. The van der Waals surface area contributed by atoms with Crippen molar-refractivity contribution in [3.63, 3.8) is 0 Å². The lowest BCUT2D eigenvalue weighted by molar-refractivity contribution is -0.143. The average molecular weight is 466 g/mol. The molecule has 0 unspecified atom stereocenters. The molecular weight excluding hydrogens is 438 g/mol. The van der Waals surface area contributed by atoms with Gasteiger partial charge in [0, 0.05) is 26.7 Å². The molecule has 9 heteroatoms. The third-order valence-corrected chi connectivity index (χ3v) is 5.46.